The molecule has 1 amide bonds. The molecule has 1 N–H and O–H groups in total. The van der Waals surface area contributed by atoms with Crippen molar-refractivity contribution in [2.75, 3.05) is 5.32 Å². The van der Waals surface area contributed by atoms with Gasteiger partial charge in [0.15, 0.2) is 5.82 Å². The van der Waals surface area contributed by atoms with Crippen LogP contribution in [0.3, 0.4) is 0 Å². The molecule has 146 valence electrons. The zero-order valence-corrected chi connectivity index (χ0v) is 16.6. The summed E-state index contributed by atoms with van der Waals surface area (Å²) in [5, 5.41) is 11.9. The summed E-state index contributed by atoms with van der Waals surface area (Å²) in [4.78, 5) is 29.7. The molecule has 28 heavy (non-hydrogen) atoms. The third-order valence-corrected chi connectivity index (χ3v) is 4.94. The second-order valence-electron chi connectivity index (χ2n) is 7.81. The second-order valence-corrected chi connectivity index (χ2v) is 7.81. The SMILES string of the molecule is Cc1cc(NC(=O)Cn2nc(C(C)C)n3nc(C4CC4)cc3c2=O)c(C)cn1. The number of carbonyl (C=O) groups is 1. The van der Waals surface area contributed by atoms with Crippen LogP contribution in [-0.4, -0.2) is 30.3 Å². The van der Waals surface area contributed by atoms with Crippen LogP contribution in [0.2, 0.25) is 0 Å². The highest BCUT2D eigenvalue weighted by atomic mass is 16.2. The van der Waals surface area contributed by atoms with Gasteiger partial charge >= 0.3 is 0 Å². The van der Waals surface area contributed by atoms with Gasteiger partial charge in [0.2, 0.25) is 5.91 Å². The molecule has 3 aromatic heterocycles. The van der Waals surface area contributed by atoms with Crippen LogP contribution in [0, 0.1) is 13.8 Å². The van der Waals surface area contributed by atoms with E-state index < -0.39 is 0 Å². The summed E-state index contributed by atoms with van der Waals surface area (Å²) in [6, 6.07) is 3.66. The molecule has 1 aliphatic rings. The van der Waals surface area contributed by atoms with Crippen LogP contribution < -0.4 is 10.9 Å². The number of aromatic nitrogens is 5. The summed E-state index contributed by atoms with van der Waals surface area (Å²) in [6.45, 7) is 7.58. The van der Waals surface area contributed by atoms with Crippen molar-refractivity contribution in [1.29, 1.82) is 0 Å². The Labute approximate surface area is 162 Å². The molecule has 3 heterocycles. The molecule has 1 aliphatic carbocycles. The molecule has 0 bridgehead atoms. The molecule has 0 aromatic carbocycles. The maximum atomic E-state index is 12.9. The predicted molar refractivity (Wildman–Crippen MR) is 106 cm³/mol. The lowest BCUT2D eigenvalue weighted by Crippen LogP contribution is -2.32. The smallest absolute Gasteiger partial charge is 0.293 e. The Hall–Kier alpha value is -3.03. The van der Waals surface area contributed by atoms with E-state index in [0.717, 1.165) is 29.8 Å². The number of hydrogen-bond acceptors (Lipinski definition) is 5. The van der Waals surface area contributed by atoms with Crippen LogP contribution in [0.15, 0.2) is 23.1 Å². The van der Waals surface area contributed by atoms with Crippen molar-refractivity contribution in [1.82, 2.24) is 24.4 Å². The molecule has 3 aromatic rings. The van der Waals surface area contributed by atoms with E-state index in [4.69, 9.17) is 0 Å². The van der Waals surface area contributed by atoms with E-state index in [0.29, 0.717) is 22.9 Å². The highest BCUT2D eigenvalue weighted by Gasteiger charge is 2.28. The van der Waals surface area contributed by atoms with E-state index >= 15 is 0 Å². The first-order valence-electron chi connectivity index (χ1n) is 9.57. The predicted octanol–water partition coefficient (Wildman–Crippen LogP) is 2.54. The quantitative estimate of drug-likeness (QED) is 0.734. The lowest BCUT2D eigenvalue weighted by molar-refractivity contribution is -0.117. The molecule has 8 nitrogen and oxygen atoms in total. The largest absolute Gasteiger partial charge is 0.324 e. The topological polar surface area (TPSA) is 94.2 Å². The number of anilines is 1. The lowest BCUT2D eigenvalue weighted by Gasteiger charge is -2.12. The van der Waals surface area contributed by atoms with Gasteiger partial charge in [-0.05, 0) is 44.4 Å². The molecule has 8 heteroatoms. The Kier molecular flexibility index (Phi) is 4.49. The maximum absolute atomic E-state index is 12.9. The van der Waals surface area contributed by atoms with Gasteiger partial charge in [0, 0.05) is 29.4 Å². The summed E-state index contributed by atoms with van der Waals surface area (Å²) in [6.07, 6.45) is 3.93. The number of rotatable bonds is 5. The van der Waals surface area contributed by atoms with Gasteiger partial charge in [-0.3, -0.25) is 14.6 Å². The molecule has 1 fully saturated rings. The Morgan fingerprint density at radius 3 is 2.68 bits per heavy atom. The van der Waals surface area contributed by atoms with Gasteiger partial charge in [-0.1, -0.05) is 13.8 Å². The minimum Gasteiger partial charge on any atom is -0.324 e. The third-order valence-electron chi connectivity index (χ3n) is 4.94. The van der Waals surface area contributed by atoms with E-state index in [1.807, 2.05) is 39.8 Å². The van der Waals surface area contributed by atoms with E-state index in [-0.39, 0.29) is 23.9 Å². The number of aryl methyl sites for hydroxylation is 2. The van der Waals surface area contributed by atoms with E-state index in [1.54, 1.807) is 10.7 Å². The number of carbonyl (C=O) groups excluding carboxylic acids is 1. The number of fused-ring (bicyclic) bond motifs is 1. The Balaban J connectivity index is 1.68. The van der Waals surface area contributed by atoms with Crippen LogP contribution in [0.5, 0.6) is 0 Å². The first kappa shape index (κ1) is 18.3. The zero-order valence-electron chi connectivity index (χ0n) is 16.6. The van der Waals surface area contributed by atoms with Crippen molar-refractivity contribution in [2.45, 2.75) is 58.9 Å². The van der Waals surface area contributed by atoms with Gasteiger partial charge in [0.1, 0.15) is 12.1 Å². The van der Waals surface area contributed by atoms with Crippen molar-refractivity contribution < 1.29 is 4.79 Å². The minimum absolute atomic E-state index is 0.0643. The minimum atomic E-state index is -0.304. The van der Waals surface area contributed by atoms with Gasteiger partial charge in [0.05, 0.1) is 5.69 Å². The van der Waals surface area contributed by atoms with Gasteiger partial charge in [-0.15, -0.1) is 0 Å². The van der Waals surface area contributed by atoms with Gasteiger partial charge < -0.3 is 5.32 Å². The van der Waals surface area contributed by atoms with E-state index in [2.05, 4.69) is 20.5 Å². The van der Waals surface area contributed by atoms with Crippen molar-refractivity contribution in [3.8, 4) is 0 Å². The van der Waals surface area contributed by atoms with Gasteiger partial charge in [-0.2, -0.15) is 10.2 Å². The fourth-order valence-electron chi connectivity index (χ4n) is 3.20. The number of amides is 1. The average Bonchev–Trinajstić information content (AvgIpc) is 3.39. The van der Waals surface area contributed by atoms with Crippen LogP contribution in [-0.2, 0) is 11.3 Å². The Bertz CT molecular complexity index is 1120. The molecular formula is C20H24N6O2. The lowest BCUT2D eigenvalue weighted by atomic mass is 10.2. The van der Waals surface area contributed by atoms with Crippen LogP contribution in [0.4, 0.5) is 5.69 Å². The first-order valence-corrected chi connectivity index (χ1v) is 9.57. The average molecular weight is 380 g/mol. The van der Waals surface area contributed by atoms with E-state index in [1.165, 1.54) is 4.68 Å². The van der Waals surface area contributed by atoms with Crippen LogP contribution >= 0.6 is 0 Å². The molecular weight excluding hydrogens is 356 g/mol. The molecule has 0 atom stereocenters. The van der Waals surface area contributed by atoms with Crippen LogP contribution in [0.25, 0.3) is 5.52 Å². The standard InChI is InChI=1S/C20H24N6O2/c1-11(2)19-24-25(10-18(27)22-15-7-13(4)21-9-12(15)3)20(28)17-8-16(14-5-6-14)23-26(17)19/h7-9,11,14H,5-6,10H2,1-4H3,(H,21,22,27). The third kappa shape index (κ3) is 3.42. The molecule has 1 saturated carbocycles. The fourth-order valence-corrected chi connectivity index (χ4v) is 3.20. The first-order chi connectivity index (χ1) is 13.3. The molecule has 0 aliphatic heterocycles. The number of nitrogens with zero attached hydrogens (tertiary/aromatic N) is 5. The van der Waals surface area contributed by atoms with Gasteiger partial charge in [-0.25, -0.2) is 9.20 Å². The van der Waals surface area contributed by atoms with Crippen molar-refractivity contribution in [3.63, 3.8) is 0 Å². The maximum Gasteiger partial charge on any atom is 0.293 e. The van der Waals surface area contributed by atoms with Crippen molar-refractivity contribution in [3.05, 3.63) is 51.5 Å². The zero-order chi connectivity index (χ0) is 20.0. The number of hydrogen-bond donors (Lipinski definition) is 1. The molecule has 0 spiro atoms. The Morgan fingerprint density at radius 2 is 2.00 bits per heavy atom. The van der Waals surface area contributed by atoms with E-state index in [9.17, 15) is 9.59 Å². The van der Waals surface area contributed by atoms with Crippen molar-refractivity contribution in [2.24, 2.45) is 0 Å². The molecule has 0 radical (unpaired) electrons. The Morgan fingerprint density at radius 1 is 1.25 bits per heavy atom. The fraction of sp³-hybridized carbons (Fsp3) is 0.450. The van der Waals surface area contributed by atoms with Crippen LogP contribution in [0.1, 0.15) is 61.3 Å². The number of nitrogens with one attached hydrogen (secondary N) is 1. The summed E-state index contributed by atoms with van der Waals surface area (Å²) in [5.41, 5.74) is 3.47. The normalized spacial score (nSPS) is 14.0. The number of pyridine rings is 1. The molecule has 4 rings (SSSR count). The van der Waals surface area contributed by atoms with Gasteiger partial charge in [0.25, 0.3) is 5.56 Å². The highest BCUT2D eigenvalue weighted by Crippen LogP contribution is 2.39. The monoisotopic (exact) mass is 380 g/mol. The summed E-state index contributed by atoms with van der Waals surface area (Å²) >= 11 is 0. The van der Waals surface area contributed by atoms with Crippen molar-refractivity contribution >= 4 is 17.1 Å². The molecule has 0 unspecified atom stereocenters. The molecule has 0 saturated heterocycles. The second kappa shape index (κ2) is 6.85. The summed E-state index contributed by atoms with van der Waals surface area (Å²) in [5.74, 6) is 0.873. The highest BCUT2D eigenvalue weighted by molar-refractivity contribution is 5.91. The summed E-state index contributed by atoms with van der Waals surface area (Å²) in [7, 11) is 0. The summed E-state index contributed by atoms with van der Waals surface area (Å²) < 4.78 is 2.88.